The van der Waals surface area contributed by atoms with E-state index in [4.69, 9.17) is 4.52 Å². The summed E-state index contributed by atoms with van der Waals surface area (Å²) in [6.45, 7) is 12.2. The average molecular weight is 265 g/mol. The zero-order chi connectivity index (χ0) is 13.8. The predicted molar refractivity (Wildman–Crippen MR) is 76.8 cm³/mol. The standard InChI is InChI=1S/C15H27N3O/c1-11(2)7-13-9-18(10-14-5-6-17-19-14)15(8-16-13)12(3)4/h5-6,11-13,15-16H,7-10H2,1-4H3. The van der Waals surface area contributed by atoms with Crippen LogP contribution >= 0.6 is 0 Å². The summed E-state index contributed by atoms with van der Waals surface area (Å²) in [5.41, 5.74) is 0. The summed E-state index contributed by atoms with van der Waals surface area (Å²) in [6, 6.07) is 3.14. The van der Waals surface area contributed by atoms with E-state index in [0.29, 0.717) is 18.0 Å². The summed E-state index contributed by atoms with van der Waals surface area (Å²) in [5.74, 6) is 2.35. The van der Waals surface area contributed by atoms with Crippen LogP contribution in [0.15, 0.2) is 16.8 Å². The second kappa shape index (κ2) is 6.53. The molecular formula is C15H27N3O. The average Bonchev–Trinajstić information content (AvgIpc) is 2.80. The summed E-state index contributed by atoms with van der Waals surface area (Å²) in [5, 5.41) is 7.51. The first kappa shape index (κ1) is 14.5. The Morgan fingerprint density at radius 2 is 2.21 bits per heavy atom. The molecule has 0 aromatic carbocycles. The molecule has 0 aliphatic carbocycles. The van der Waals surface area contributed by atoms with Crippen LogP contribution in [0.5, 0.6) is 0 Å². The Labute approximate surface area is 116 Å². The number of nitrogens with zero attached hydrogens (tertiary/aromatic N) is 2. The fraction of sp³-hybridized carbons (Fsp3) is 0.800. The molecule has 1 saturated heterocycles. The minimum atomic E-state index is 0.577. The van der Waals surface area contributed by atoms with Crippen molar-refractivity contribution in [1.82, 2.24) is 15.4 Å². The van der Waals surface area contributed by atoms with Crippen molar-refractivity contribution in [3.63, 3.8) is 0 Å². The van der Waals surface area contributed by atoms with Crippen molar-refractivity contribution in [2.24, 2.45) is 11.8 Å². The molecular weight excluding hydrogens is 238 g/mol. The van der Waals surface area contributed by atoms with E-state index in [0.717, 1.165) is 31.3 Å². The molecule has 4 heteroatoms. The molecule has 2 heterocycles. The highest BCUT2D eigenvalue weighted by molar-refractivity contribution is 4.96. The van der Waals surface area contributed by atoms with Gasteiger partial charge in [-0.15, -0.1) is 0 Å². The molecule has 19 heavy (non-hydrogen) atoms. The molecule has 1 aliphatic heterocycles. The van der Waals surface area contributed by atoms with Gasteiger partial charge in [-0.2, -0.15) is 0 Å². The Hall–Kier alpha value is -0.870. The van der Waals surface area contributed by atoms with Gasteiger partial charge in [0.05, 0.1) is 12.7 Å². The predicted octanol–water partition coefficient (Wildman–Crippen LogP) is 2.52. The van der Waals surface area contributed by atoms with Crippen molar-refractivity contribution in [3.05, 3.63) is 18.0 Å². The second-order valence-corrected chi connectivity index (χ2v) is 6.45. The molecule has 2 unspecified atom stereocenters. The lowest BCUT2D eigenvalue weighted by atomic mass is 9.95. The molecule has 1 N–H and O–H groups in total. The molecule has 0 amide bonds. The Bertz CT molecular complexity index is 361. The zero-order valence-electron chi connectivity index (χ0n) is 12.6. The smallest absolute Gasteiger partial charge is 0.150 e. The van der Waals surface area contributed by atoms with E-state index < -0.39 is 0 Å². The number of aromatic nitrogens is 1. The Kier molecular flexibility index (Phi) is 4.99. The zero-order valence-corrected chi connectivity index (χ0v) is 12.6. The normalized spacial score (nSPS) is 25.4. The van der Waals surface area contributed by atoms with E-state index in [1.54, 1.807) is 6.20 Å². The fourth-order valence-corrected chi connectivity index (χ4v) is 2.99. The molecule has 4 nitrogen and oxygen atoms in total. The summed E-state index contributed by atoms with van der Waals surface area (Å²) in [6.07, 6.45) is 2.96. The quantitative estimate of drug-likeness (QED) is 0.888. The lowest BCUT2D eigenvalue weighted by Crippen LogP contribution is -2.58. The summed E-state index contributed by atoms with van der Waals surface area (Å²) >= 11 is 0. The minimum absolute atomic E-state index is 0.577. The van der Waals surface area contributed by atoms with Crippen LogP contribution in [0.4, 0.5) is 0 Å². The van der Waals surface area contributed by atoms with E-state index >= 15 is 0 Å². The van der Waals surface area contributed by atoms with Crippen molar-refractivity contribution in [3.8, 4) is 0 Å². The van der Waals surface area contributed by atoms with Gasteiger partial charge in [-0.25, -0.2) is 0 Å². The molecule has 0 spiro atoms. The van der Waals surface area contributed by atoms with Crippen LogP contribution in [0.25, 0.3) is 0 Å². The summed E-state index contributed by atoms with van der Waals surface area (Å²) < 4.78 is 5.27. The van der Waals surface area contributed by atoms with E-state index in [9.17, 15) is 0 Å². The van der Waals surface area contributed by atoms with Gasteiger partial charge in [0.15, 0.2) is 5.76 Å². The molecule has 108 valence electrons. The third-order valence-electron chi connectivity index (χ3n) is 3.92. The van der Waals surface area contributed by atoms with Crippen molar-refractivity contribution in [1.29, 1.82) is 0 Å². The van der Waals surface area contributed by atoms with Gasteiger partial charge in [-0.1, -0.05) is 32.9 Å². The van der Waals surface area contributed by atoms with E-state index in [1.165, 1.54) is 6.42 Å². The third-order valence-corrected chi connectivity index (χ3v) is 3.92. The molecule has 1 aromatic rings. The first-order chi connectivity index (χ1) is 9.06. The Morgan fingerprint density at radius 3 is 2.79 bits per heavy atom. The van der Waals surface area contributed by atoms with Crippen molar-refractivity contribution in [2.45, 2.75) is 52.7 Å². The van der Waals surface area contributed by atoms with Crippen LogP contribution in [0, 0.1) is 11.8 Å². The molecule has 2 atom stereocenters. The largest absolute Gasteiger partial charge is 0.360 e. The molecule has 1 aromatic heterocycles. The highest BCUT2D eigenvalue weighted by Gasteiger charge is 2.30. The fourth-order valence-electron chi connectivity index (χ4n) is 2.99. The molecule has 0 saturated carbocycles. The highest BCUT2D eigenvalue weighted by atomic mass is 16.5. The van der Waals surface area contributed by atoms with Gasteiger partial charge in [-0.3, -0.25) is 4.90 Å². The lowest BCUT2D eigenvalue weighted by Gasteiger charge is -2.42. The van der Waals surface area contributed by atoms with E-state index in [1.807, 2.05) is 6.07 Å². The molecule has 0 radical (unpaired) electrons. The third kappa shape index (κ3) is 4.05. The summed E-state index contributed by atoms with van der Waals surface area (Å²) in [4.78, 5) is 2.55. The number of rotatable bonds is 5. The minimum Gasteiger partial charge on any atom is -0.360 e. The topological polar surface area (TPSA) is 41.3 Å². The molecule has 1 fully saturated rings. The number of hydrogen-bond acceptors (Lipinski definition) is 4. The van der Waals surface area contributed by atoms with Crippen molar-refractivity contribution in [2.75, 3.05) is 13.1 Å². The van der Waals surface area contributed by atoms with Gasteiger partial charge in [0.1, 0.15) is 0 Å². The van der Waals surface area contributed by atoms with Crippen molar-refractivity contribution < 1.29 is 4.52 Å². The molecule has 1 aliphatic rings. The monoisotopic (exact) mass is 265 g/mol. The van der Waals surface area contributed by atoms with Gasteiger partial charge in [0.2, 0.25) is 0 Å². The maximum Gasteiger partial charge on any atom is 0.150 e. The van der Waals surface area contributed by atoms with Crippen LogP contribution in [0.3, 0.4) is 0 Å². The second-order valence-electron chi connectivity index (χ2n) is 6.45. The number of hydrogen-bond donors (Lipinski definition) is 1. The van der Waals surface area contributed by atoms with Crippen LogP contribution in [0.1, 0.15) is 39.9 Å². The van der Waals surface area contributed by atoms with Gasteiger partial charge >= 0.3 is 0 Å². The molecule has 0 bridgehead atoms. The van der Waals surface area contributed by atoms with E-state index in [2.05, 4.69) is 43.1 Å². The van der Waals surface area contributed by atoms with Gasteiger partial charge < -0.3 is 9.84 Å². The van der Waals surface area contributed by atoms with Crippen LogP contribution in [0.2, 0.25) is 0 Å². The summed E-state index contributed by atoms with van der Waals surface area (Å²) in [7, 11) is 0. The Morgan fingerprint density at radius 1 is 1.42 bits per heavy atom. The SMILES string of the molecule is CC(C)CC1CN(Cc2ccno2)C(C(C)C)CN1. The van der Waals surface area contributed by atoms with Crippen molar-refractivity contribution >= 4 is 0 Å². The first-order valence-electron chi connectivity index (χ1n) is 7.43. The van der Waals surface area contributed by atoms with Gasteiger partial charge in [0.25, 0.3) is 0 Å². The van der Waals surface area contributed by atoms with Gasteiger partial charge in [0, 0.05) is 31.2 Å². The molecule has 2 rings (SSSR count). The van der Waals surface area contributed by atoms with E-state index in [-0.39, 0.29) is 0 Å². The van der Waals surface area contributed by atoms with Gasteiger partial charge in [-0.05, 0) is 18.3 Å². The number of piperazine rings is 1. The maximum absolute atomic E-state index is 5.27. The number of nitrogens with one attached hydrogen (secondary N) is 1. The highest BCUT2D eigenvalue weighted by Crippen LogP contribution is 2.20. The maximum atomic E-state index is 5.27. The lowest BCUT2D eigenvalue weighted by molar-refractivity contribution is 0.0765. The van der Waals surface area contributed by atoms with Crippen LogP contribution in [-0.2, 0) is 6.54 Å². The van der Waals surface area contributed by atoms with Crippen LogP contribution in [-0.4, -0.2) is 35.2 Å². The Balaban J connectivity index is 2.00. The van der Waals surface area contributed by atoms with Crippen LogP contribution < -0.4 is 5.32 Å². The first-order valence-corrected chi connectivity index (χ1v) is 7.43.